The maximum absolute atomic E-state index is 5.59. The highest BCUT2D eigenvalue weighted by molar-refractivity contribution is 5.40. The van der Waals surface area contributed by atoms with Crippen LogP contribution >= 0.6 is 0 Å². The SMILES string of the molecule is COCCc1cccc(N)c1. The molecule has 0 fully saturated rings. The highest BCUT2D eigenvalue weighted by Crippen LogP contribution is 2.06. The number of hydrogen-bond acceptors (Lipinski definition) is 2. The molecule has 0 saturated heterocycles. The van der Waals surface area contributed by atoms with E-state index in [4.69, 9.17) is 10.5 Å². The summed E-state index contributed by atoms with van der Waals surface area (Å²) in [5, 5.41) is 0. The van der Waals surface area contributed by atoms with E-state index in [1.54, 1.807) is 7.11 Å². The molecule has 1 aromatic carbocycles. The van der Waals surface area contributed by atoms with Crippen molar-refractivity contribution in [3.63, 3.8) is 0 Å². The number of ether oxygens (including phenoxy) is 1. The summed E-state index contributed by atoms with van der Waals surface area (Å²) in [6.45, 7) is 0.753. The minimum Gasteiger partial charge on any atom is -0.399 e. The van der Waals surface area contributed by atoms with Crippen LogP contribution in [0.2, 0.25) is 0 Å². The summed E-state index contributed by atoms with van der Waals surface area (Å²) in [4.78, 5) is 0. The molecule has 0 unspecified atom stereocenters. The molecule has 0 aliphatic heterocycles. The maximum Gasteiger partial charge on any atom is 0.0502 e. The van der Waals surface area contributed by atoms with E-state index in [9.17, 15) is 0 Å². The van der Waals surface area contributed by atoms with E-state index in [0.29, 0.717) is 0 Å². The Morgan fingerprint density at radius 3 is 2.91 bits per heavy atom. The van der Waals surface area contributed by atoms with E-state index in [0.717, 1.165) is 18.7 Å². The summed E-state index contributed by atoms with van der Waals surface area (Å²) in [6.07, 6.45) is 0.932. The predicted molar refractivity (Wildman–Crippen MR) is 46.4 cm³/mol. The van der Waals surface area contributed by atoms with E-state index in [-0.39, 0.29) is 0 Å². The molecule has 2 heteroatoms. The molecule has 11 heavy (non-hydrogen) atoms. The van der Waals surface area contributed by atoms with E-state index >= 15 is 0 Å². The van der Waals surface area contributed by atoms with Crippen molar-refractivity contribution in [1.82, 2.24) is 0 Å². The molecular formula is C9H13NO. The summed E-state index contributed by atoms with van der Waals surface area (Å²) in [5.41, 5.74) is 7.64. The molecule has 0 saturated carbocycles. The molecule has 0 aromatic heterocycles. The monoisotopic (exact) mass is 151 g/mol. The molecule has 0 bridgehead atoms. The van der Waals surface area contributed by atoms with Crippen LogP contribution in [-0.4, -0.2) is 13.7 Å². The first-order valence-electron chi connectivity index (χ1n) is 3.66. The Morgan fingerprint density at radius 1 is 1.45 bits per heavy atom. The van der Waals surface area contributed by atoms with Gasteiger partial charge in [-0.15, -0.1) is 0 Å². The zero-order chi connectivity index (χ0) is 8.10. The summed E-state index contributed by atoms with van der Waals surface area (Å²) in [6, 6.07) is 7.87. The summed E-state index contributed by atoms with van der Waals surface area (Å²) in [7, 11) is 1.70. The molecule has 0 aliphatic carbocycles. The van der Waals surface area contributed by atoms with Crippen molar-refractivity contribution in [2.24, 2.45) is 0 Å². The third-order valence-corrected chi connectivity index (χ3v) is 1.55. The number of methoxy groups -OCH3 is 1. The molecule has 1 rings (SSSR count). The van der Waals surface area contributed by atoms with Crippen molar-refractivity contribution in [2.75, 3.05) is 19.5 Å². The van der Waals surface area contributed by atoms with Gasteiger partial charge in [0.1, 0.15) is 0 Å². The van der Waals surface area contributed by atoms with Crippen LogP contribution in [0.25, 0.3) is 0 Å². The smallest absolute Gasteiger partial charge is 0.0502 e. The lowest BCUT2D eigenvalue weighted by atomic mass is 10.1. The van der Waals surface area contributed by atoms with Gasteiger partial charge >= 0.3 is 0 Å². The van der Waals surface area contributed by atoms with E-state index < -0.39 is 0 Å². The first-order valence-corrected chi connectivity index (χ1v) is 3.66. The van der Waals surface area contributed by atoms with Gasteiger partial charge in [-0.3, -0.25) is 0 Å². The van der Waals surface area contributed by atoms with Crippen LogP contribution in [0, 0.1) is 0 Å². The molecule has 2 N–H and O–H groups in total. The highest BCUT2D eigenvalue weighted by atomic mass is 16.5. The quantitative estimate of drug-likeness (QED) is 0.664. The third-order valence-electron chi connectivity index (χ3n) is 1.55. The fourth-order valence-corrected chi connectivity index (χ4v) is 0.969. The van der Waals surface area contributed by atoms with Crippen molar-refractivity contribution in [1.29, 1.82) is 0 Å². The lowest BCUT2D eigenvalue weighted by Gasteiger charge is -2.00. The molecule has 0 spiro atoms. The number of nitrogen functional groups attached to an aromatic ring is 1. The Morgan fingerprint density at radius 2 is 2.27 bits per heavy atom. The van der Waals surface area contributed by atoms with Crippen molar-refractivity contribution in [3.8, 4) is 0 Å². The van der Waals surface area contributed by atoms with Crippen molar-refractivity contribution < 1.29 is 4.74 Å². The number of anilines is 1. The van der Waals surface area contributed by atoms with Gasteiger partial charge < -0.3 is 10.5 Å². The minimum atomic E-state index is 0.753. The van der Waals surface area contributed by atoms with Crippen molar-refractivity contribution in [2.45, 2.75) is 6.42 Å². The molecule has 0 aliphatic rings. The van der Waals surface area contributed by atoms with Gasteiger partial charge in [0.05, 0.1) is 6.61 Å². The van der Waals surface area contributed by atoms with E-state index in [2.05, 4.69) is 6.07 Å². The van der Waals surface area contributed by atoms with Gasteiger partial charge in [0.25, 0.3) is 0 Å². The first kappa shape index (κ1) is 8.08. The van der Waals surface area contributed by atoms with Gasteiger partial charge in [0, 0.05) is 12.8 Å². The fourth-order valence-electron chi connectivity index (χ4n) is 0.969. The summed E-state index contributed by atoms with van der Waals surface area (Å²) < 4.78 is 4.94. The van der Waals surface area contributed by atoms with Gasteiger partial charge in [-0.2, -0.15) is 0 Å². The average Bonchev–Trinajstić information content (AvgIpc) is 2.01. The second-order valence-corrected chi connectivity index (χ2v) is 2.49. The molecule has 0 radical (unpaired) electrons. The van der Waals surface area contributed by atoms with Crippen LogP contribution in [0.3, 0.4) is 0 Å². The van der Waals surface area contributed by atoms with E-state index in [1.165, 1.54) is 5.56 Å². The normalized spacial score (nSPS) is 9.91. The van der Waals surface area contributed by atoms with Gasteiger partial charge in [0.2, 0.25) is 0 Å². The summed E-state index contributed by atoms with van der Waals surface area (Å²) in [5.74, 6) is 0. The Hall–Kier alpha value is -1.02. The third kappa shape index (κ3) is 2.60. The fraction of sp³-hybridized carbons (Fsp3) is 0.333. The molecule has 2 nitrogen and oxygen atoms in total. The predicted octanol–water partition coefficient (Wildman–Crippen LogP) is 1.46. The minimum absolute atomic E-state index is 0.753. The topological polar surface area (TPSA) is 35.2 Å². The molecule has 60 valence electrons. The van der Waals surface area contributed by atoms with Crippen LogP contribution < -0.4 is 5.73 Å². The van der Waals surface area contributed by atoms with Gasteiger partial charge in [-0.1, -0.05) is 12.1 Å². The van der Waals surface area contributed by atoms with Crippen LogP contribution in [0.4, 0.5) is 5.69 Å². The summed E-state index contributed by atoms with van der Waals surface area (Å²) >= 11 is 0. The van der Waals surface area contributed by atoms with Crippen molar-refractivity contribution >= 4 is 5.69 Å². The van der Waals surface area contributed by atoms with Gasteiger partial charge in [-0.25, -0.2) is 0 Å². The maximum atomic E-state index is 5.59. The molecule has 0 atom stereocenters. The zero-order valence-electron chi connectivity index (χ0n) is 6.71. The average molecular weight is 151 g/mol. The molecule has 1 aromatic rings. The van der Waals surface area contributed by atoms with Crippen LogP contribution in [0.15, 0.2) is 24.3 Å². The Balaban J connectivity index is 2.56. The first-order chi connectivity index (χ1) is 5.33. The van der Waals surface area contributed by atoms with Crippen molar-refractivity contribution in [3.05, 3.63) is 29.8 Å². The Kier molecular flexibility index (Phi) is 2.93. The number of benzene rings is 1. The van der Waals surface area contributed by atoms with Crippen LogP contribution in [-0.2, 0) is 11.2 Å². The lowest BCUT2D eigenvalue weighted by Crippen LogP contribution is -1.95. The molecule has 0 amide bonds. The zero-order valence-corrected chi connectivity index (χ0v) is 6.71. The lowest BCUT2D eigenvalue weighted by molar-refractivity contribution is 0.202. The number of nitrogens with two attached hydrogens (primary N) is 1. The second kappa shape index (κ2) is 3.98. The van der Waals surface area contributed by atoms with E-state index in [1.807, 2.05) is 18.2 Å². The molecular weight excluding hydrogens is 138 g/mol. The molecule has 0 heterocycles. The standard InChI is InChI=1S/C9H13NO/c1-11-6-5-8-3-2-4-9(10)7-8/h2-4,7H,5-6,10H2,1H3. The van der Waals surface area contributed by atoms with Gasteiger partial charge in [-0.05, 0) is 24.1 Å². The van der Waals surface area contributed by atoms with Gasteiger partial charge in [0.15, 0.2) is 0 Å². The van der Waals surface area contributed by atoms with Crippen LogP contribution in [0.5, 0.6) is 0 Å². The number of hydrogen-bond donors (Lipinski definition) is 1. The largest absolute Gasteiger partial charge is 0.399 e. The number of rotatable bonds is 3. The Labute approximate surface area is 67.0 Å². The second-order valence-electron chi connectivity index (χ2n) is 2.49. The Bertz CT molecular complexity index is 223. The highest BCUT2D eigenvalue weighted by Gasteiger charge is 1.91. The van der Waals surface area contributed by atoms with Crippen LogP contribution in [0.1, 0.15) is 5.56 Å².